The normalized spacial score (nSPS) is 10.8. The van der Waals surface area contributed by atoms with Gasteiger partial charge in [0.25, 0.3) is 0 Å². The highest BCUT2D eigenvalue weighted by Gasteiger charge is 2.16. The third-order valence-electron chi connectivity index (χ3n) is 4.98. The molecule has 3 aromatic rings. The molecule has 1 heterocycles. The van der Waals surface area contributed by atoms with Gasteiger partial charge in [0.2, 0.25) is 5.91 Å². The van der Waals surface area contributed by atoms with Crippen LogP contribution < -0.4 is 10.1 Å². The van der Waals surface area contributed by atoms with Gasteiger partial charge < -0.3 is 14.6 Å². The quantitative estimate of drug-likeness (QED) is 0.498. The van der Waals surface area contributed by atoms with E-state index in [1.807, 2.05) is 41.8 Å². The summed E-state index contributed by atoms with van der Waals surface area (Å²) in [7, 11) is 1.64. The fourth-order valence-electron chi connectivity index (χ4n) is 3.34. The lowest BCUT2D eigenvalue weighted by molar-refractivity contribution is -0.113. The maximum atomic E-state index is 12.7. The number of carbonyl (C=O) groups is 1. The van der Waals surface area contributed by atoms with E-state index in [1.54, 1.807) is 7.11 Å². The molecule has 6 nitrogen and oxygen atoms in total. The minimum atomic E-state index is -0.0350. The number of methoxy groups -OCH3 is 1. The Labute approximate surface area is 182 Å². The molecule has 3 rings (SSSR count). The first-order chi connectivity index (χ1) is 14.6. The van der Waals surface area contributed by atoms with E-state index in [-0.39, 0.29) is 11.7 Å². The largest absolute Gasteiger partial charge is 0.497 e. The Morgan fingerprint density at radius 3 is 2.27 bits per heavy atom. The molecule has 0 bridgehead atoms. The Balaban J connectivity index is 1.72. The Morgan fingerprint density at radius 1 is 1.03 bits per heavy atom. The molecule has 7 heteroatoms. The van der Waals surface area contributed by atoms with Crippen molar-refractivity contribution < 1.29 is 9.53 Å². The van der Waals surface area contributed by atoms with Crippen molar-refractivity contribution in [1.29, 1.82) is 0 Å². The molecule has 2 aromatic carbocycles. The zero-order valence-electron chi connectivity index (χ0n) is 17.9. The first-order valence-electron chi connectivity index (χ1n) is 10.2. The van der Waals surface area contributed by atoms with Crippen molar-refractivity contribution in [3.05, 3.63) is 53.6 Å². The molecule has 1 aromatic heterocycles. The summed E-state index contributed by atoms with van der Waals surface area (Å²) in [5, 5.41) is 12.5. The smallest absolute Gasteiger partial charge is 0.234 e. The van der Waals surface area contributed by atoms with Gasteiger partial charge in [0, 0.05) is 17.8 Å². The van der Waals surface area contributed by atoms with Crippen molar-refractivity contribution in [3.8, 4) is 17.1 Å². The second-order valence-corrected chi connectivity index (χ2v) is 7.72. The predicted molar refractivity (Wildman–Crippen MR) is 122 cm³/mol. The summed E-state index contributed by atoms with van der Waals surface area (Å²) in [6, 6.07) is 13.9. The summed E-state index contributed by atoms with van der Waals surface area (Å²) in [6.45, 7) is 6.97. The van der Waals surface area contributed by atoms with Gasteiger partial charge in [-0.05, 0) is 55.2 Å². The van der Waals surface area contributed by atoms with Gasteiger partial charge in [0.05, 0.1) is 12.9 Å². The van der Waals surface area contributed by atoms with E-state index in [4.69, 9.17) is 4.74 Å². The van der Waals surface area contributed by atoms with Gasteiger partial charge in [-0.1, -0.05) is 43.8 Å². The van der Waals surface area contributed by atoms with Gasteiger partial charge >= 0.3 is 0 Å². The lowest BCUT2D eigenvalue weighted by Crippen LogP contribution is -2.17. The van der Waals surface area contributed by atoms with Crippen LogP contribution in [0.5, 0.6) is 5.75 Å². The number of carbonyl (C=O) groups excluding carboxylic acids is 1. The highest BCUT2D eigenvalue weighted by Crippen LogP contribution is 2.27. The molecule has 0 fully saturated rings. The number of aryl methyl sites for hydroxylation is 2. The minimum absolute atomic E-state index is 0.0350. The Kier molecular flexibility index (Phi) is 7.52. The number of anilines is 1. The Hall–Kier alpha value is -2.80. The topological polar surface area (TPSA) is 69.0 Å². The van der Waals surface area contributed by atoms with Crippen LogP contribution in [0.4, 0.5) is 5.69 Å². The number of hydrogen-bond acceptors (Lipinski definition) is 5. The molecule has 0 saturated heterocycles. The maximum absolute atomic E-state index is 12.7. The van der Waals surface area contributed by atoms with Crippen LogP contribution in [-0.4, -0.2) is 33.5 Å². The maximum Gasteiger partial charge on any atom is 0.234 e. The molecule has 1 amide bonds. The summed E-state index contributed by atoms with van der Waals surface area (Å²) in [5.74, 6) is 1.83. The van der Waals surface area contributed by atoms with E-state index in [0.717, 1.165) is 58.5 Å². The summed E-state index contributed by atoms with van der Waals surface area (Å²) in [6.07, 6.45) is 1.76. The van der Waals surface area contributed by atoms with Crippen LogP contribution in [0.3, 0.4) is 0 Å². The van der Waals surface area contributed by atoms with Crippen LogP contribution >= 0.6 is 11.8 Å². The SMILES string of the molecule is CCc1cccc(CC)c1NC(=O)CSc1nnc(-c2ccc(OC)cc2)n1CC. The molecular formula is C23H28N4O2S. The molecule has 30 heavy (non-hydrogen) atoms. The fraction of sp³-hybridized carbons (Fsp3) is 0.348. The third kappa shape index (κ3) is 4.84. The van der Waals surface area contributed by atoms with Crippen LogP contribution in [0.2, 0.25) is 0 Å². The highest BCUT2D eigenvalue weighted by atomic mass is 32.2. The van der Waals surface area contributed by atoms with Crippen LogP contribution in [0.1, 0.15) is 31.9 Å². The van der Waals surface area contributed by atoms with Crippen LogP contribution in [0.25, 0.3) is 11.4 Å². The van der Waals surface area contributed by atoms with E-state index in [2.05, 4.69) is 41.5 Å². The minimum Gasteiger partial charge on any atom is -0.497 e. The number of ether oxygens (including phenoxy) is 1. The zero-order chi connectivity index (χ0) is 21.5. The fourth-order valence-corrected chi connectivity index (χ4v) is 4.15. The first-order valence-corrected chi connectivity index (χ1v) is 11.2. The van der Waals surface area contributed by atoms with E-state index in [9.17, 15) is 4.79 Å². The summed E-state index contributed by atoms with van der Waals surface area (Å²) >= 11 is 1.40. The Morgan fingerprint density at radius 2 is 1.70 bits per heavy atom. The average molecular weight is 425 g/mol. The van der Waals surface area contributed by atoms with Crippen molar-refractivity contribution in [3.63, 3.8) is 0 Å². The molecule has 0 unspecified atom stereocenters. The number of para-hydroxylation sites is 1. The standard InChI is InChI=1S/C23H28N4O2S/c1-5-16-9-8-10-17(6-2)21(16)24-20(28)15-30-23-26-25-22(27(23)7-3)18-11-13-19(29-4)14-12-18/h8-14H,5-7,15H2,1-4H3,(H,24,28). The lowest BCUT2D eigenvalue weighted by atomic mass is 10.0. The summed E-state index contributed by atoms with van der Waals surface area (Å²) in [5.41, 5.74) is 4.23. The van der Waals surface area contributed by atoms with Crippen molar-refractivity contribution in [2.75, 3.05) is 18.2 Å². The lowest BCUT2D eigenvalue weighted by Gasteiger charge is -2.14. The first kappa shape index (κ1) is 21.9. The number of nitrogens with one attached hydrogen (secondary N) is 1. The number of nitrogens with zero attached hydrogens (tertiary/aromatic N) is 3. The van der Waals surface area contributed by atoms with E-state index < -0.39 is 0 Å². The van der Waals surface area contributed by atoms with E-state index >= 15 is 0 Å². The molecule has 1 N–H and O–H groups in total. The average Bonchev–Trinajstić information content (AvgIpc) is 3.20. The summed E-state index contributed by atoms with van der Waals surface area (Å²) < 4.78 is 7.25. The molecule has 0 aliphatic rings. The molecule has 158 valence electrons. The van der Waals surface area contributed by atoms with Crippen molar-refractivity contribution in [1.82, 2.24) is 14.8 Å². The monoisotopic (exact) mass is 424 g/mol. The predicted octanol–water partition coefficient (Wildman–Crippen LogP) is 4.83. The van der Waals surface area contributed by atoms with Crippen molar-refractivity contribution in [2.45, 2.75) is 45.3 Å². The number of thioether (sulfide) groups is 1. The van der Waals surface area contributed by atoms with Gasteiger partial charge in [-0.25, -0.2) is 0 Å². The van der Waals surface area contributed by atoms with E-state index in [0.29, 0.717) is 0 Å². The number of rotatable bonds is 9. The van der Waals surface area contributed by atoms with Crippen LogP contribution in [0.15, 0.2) is 47.6 Å². The molecule has 0 saturated carbocycles. The highest BCUT2D eigenvalue weighted by molar-refractivity contribution is 7.99. The van der Waals surface area contributed by atoms with Crippen molar-refractivity contribution in [2.24, 2.45) is 0 Å². The molecule has 0 spiro atoms. The molecule has 0 atom stereocenters. The third-order valence-corrected chi connectivity index (χ3v) is 5.94. The van der Waals surface area contributed by atoms with Crippen molar-refractivity contribution >= 4 is 23.4 Å². The number of aromatic nitrogens is 3. The number of amides is 1. The van der Waals surface area contributed by atoms with Crippen LogP contribution in [-0.2, 0) is 24.2 Å². The zero-order valence-corrected chi connectivity index (χ0v) is 18.8. The second kappa shape index (κ2) is 10.3. The van der Waals surface area contributed by atoms with Gasteiger partial charge in [-0.2, -0.15) is 0 Å². The Bertz CT molecular complexity index is 977. The molecule has 0 radical (unpaired) electrons. The second-order valence-electron chi connectivity index (χ2n) is 6.77. The van der Waals surface area contributed by atoms with E-state index in [1.165, 1.54) is 11.8 Å². The molecule has 0 aliphatic carbocycles. The van der Waals surface area contributed by atoms with Gasteiger partial charge in [0.1, 0.15) is 5.75 Å². The summed E-state index contributed by atoms with van der Waals surface area (Å²) in [4.78, 5) is 12.7. The van der Waals surface area contributed by atoms with Gasteiger partial charge in [-0.15, -0.1) is 10.2 Å². The molecule has 0 aliphatic heterocycles. The number of hydrogen-bond donors (Lipinski definition) is 1. The molecular weight excluding hydrogens is 396 g/mol. The number of benzene rings is 2. The van der Waals surface area contributed by atoms with Gasteiger partial charge in [-0.3, -0.25) is 4.79 Å². The van der Waals surface area contributed by atoms with Gasteiger partial charge in [0.15, 0.2) is 11.0 Å². The van der Waals surface area contributed by atoms with Crippen LogP contribution in [0, 0.1) is 0 Å².